The van der Waals surface area contributed by atoms with E-state index < -0.39 is 18.0 Å². The first kappa shape index (κ1) is 23.4. The van der Waals surface area contributed by atoms with Crippen LogP contribution in [0.3, 0.4) is 0 Å². The van der Waals surface area contributed by atoms with Crippen molar-refractivity contribution in [2.45, 2.75) is 44.4 Å². The van der Waals surface area contributed by atoms with Gasteiger partial charge in [0.1, 0.15) is 6.61 Å². The fourth-order valence-electron chi connectivity index (χ4n) is 5.84. The molecule has 2 aromatic carbocycles. The topological polar surface area (TPSA) is 95.9 Å². The van der Waals surface area contributed by atoms with Crippen LogP contribution in [0, 0.1) is 11.3 Å². The van der Waals surface area contributed by atoms with Gasteiger partial charge in [-0.3, -0.25) is 9.59 Å². The van der Waals surface area contributed by atoms with Crippen LogP contribution in [0.5, 0.6) is 0 Å². The lowest BCUT2D eigenvalue weighted by Crippen LogP contribution is -2.48. The number of nitrogens with zero attached hydrogens (tertiary/aromatic N) is 1. The number of nitrogens with one attached hydrogen (secondary N) is 1. The molecule has 184 valence electrons. The molecular weight excluding hydrogens is 444 g/mol. The number of amides is 2. The smallest absolute Gasteiger partial charge is 0.407 e. The number of hydrogen-bond donors (Lipinski definition) is 2. The molecule has 1 aliphatic heterocycles. The molecule has 1 saturated carbocycles. The predicted molar refractivity (Wildman–Crippen MR) is 131 cm³/mol. The summed E-state index contributed by atoms with van der Waals surface area (Å²) in [5, 5.41) is 12.2. The molecule has 2 aromatic rings. The Morgan fingerprint density at radius 3 is 2.26 bits per heavy atom. The van der Waals surface area contributed by atoms with Crippen LogP contribution in [0.2, 0.25) is 0 Å². The number of fused-ring (bicyclic) bond motifs is 3. The molecule has 35 heavy (non-hydrogen) atoms. The predicted octanol–water partition coefficient (Wildman–Crippen LogP) is 4.41. The summed E-state index contributed by atoms with van der Waals surface area (Å²) in [7, 11) is 0. The van der Waals surface area contributed by atoms with Crippen LogP contribution in [0.1, 0.15) is 55.6 Å². The van der Waals surface area contributed by atoms with Gasteiger partial charge in [-0.15, -0.1) is 0 Å². The molecule has 1 saturated heterocycles. The number of carbonyl (C=O) groups is 3. The minimum Gasteiger partial charge on any atom is -0.481 e. The zero-order valence-electron chi connectivity index (χ0n) is 19.9. The highest BCUT2D eigenvalue weighted by Gasteiger charge is 2.41. The Morgan fingerprint density at radius 1 is 1.00 bits per heavy atom. The molecule has 0 spiro atoms. The lowest BCUT2D eigenvalue weighted by molar-refractivity contribution is -0.146. The number of benzene rings is 2. The van der Waals surface area contributed by atoms with Crippen LogP contribution in [0.25, 0.3) is 11.1 Å². The zero-order valence-corrected chi connectivity index (χ0v) is 19.9. The summed E-state index contributed by atoms with van der Waals surface area (Å²) in [4.78, 5) is 38.6. The van der Waals surface area contributed by atoms with Gasteiger partial charge in [0.05, 0.1) is 5.92 Å². The normalized spacial score (nSPS) is 20.3. The molecular formula is C28H32N2O5. The van der Waals surface area contributed by atoms with Crippen molar-refractivity contribution >= 4 is 18.0 Å². The highest BCUT2D eigenvalue weighted by Crippen LogP contribution is 2.45. The van der Waals surface area contributed by atoms with Crippen molar-refractivity contribution in [3.8, 4) is 11.1 Å². The summed E-state index contributed by atoms with van der Waals surface area (Å²) in [6.07, 6.45) is 3.98. The summed E-state index contributed by atoms with van der Waals surface area (Å²) < 4.78 is 5.65. The minimum atomic E-state index is -0.835. The highest BCUT2D eigenvalue weighted by atomic mass is 16.5. The first-order valence-electron chi connectivity index (χ1n) is 12.6. The van der Waals surface area contributed by atoms with Crippen molar-refractivity contribution in [3.63, 3.8) is 0 Å². The molecule has 0 unspecified atom stereocenters. The number of carboxylic acid groups (broad SMARTS) is 1. The van der Waals surface area contributed by atoms with Crippen molar-refractivity contribution in [2.75, 3.05) is 26.2 Å². The number of likely N-dealkylation sites (tertiary alicyclic amines) is 1. The van der Waals surface area contributed by atoms with Crippen LogP contribution in [-0.4, -0.2) is 54.2 Å². The van der Waals surface area contributed by atoms with Gasteiger partial charge >= 0.3 is 12.1 Å². The number of carbonyl (C=O) groups excluding carboxylic acids is 2. The van der Waals surface area contributed by atoms with E-state index >= 15 is 0 Å². The second kappa shape index (κ2) is 9.72. The van der Waals surface area contributed by atoms with Crippen LogP contribution in [0.4, 0.5) is 4.79 Å². The van der Waals surface area contributed by atoms with Gasteiger partial charge in [0.15, 0.2) is 0 Å². The van der Waals surface area contributed by atoms with E-state index in [-0.39, 0.29) is 30.4 Å². The molecule has 1 atom stereocenters. The Kier molecular flexibility index (Phi) is 6.50. The Bertz CT molecular complexity index is 1080. The average molecular weight is 477 g/mol. The van der Waals surface area contributed by atoms with E-state index in [0.717, 1.165) is 19.3 Å². The van der Waals surface area contributed by atoms with Gasteiger partial charge in [0.2, 0.25) is 5.91 Å². The maximum atomic E-state index is 12.9. The third kappa shape index (κ3) is 4.77. The second-order valence-electron chi connectivity index (χ2n) is 10.2. The third-order valence-corrected chi connectivity index (χ3v) is 8.02. The second-order valence-corrected chi connectivity index (χ2v) is 10.2. The number of rotatable bonds is 7. The number of ether oxygens (including phenoxy) is 1. The molecule has 7 heteroatoms. The van der Waals surface area contributed by atoms with E-state index in [1.165, 1.54) is 22.3 Å². The third-order valence-electron chi connectivity index (χ3n) is 8.02. The van der Waals surface area contributed by atoms with Crippen molar-refractivity contribution in [1.82, 2.24) is 10.2 Å². The summed E-state index contributed by atoms with van der Waals surface area (Å²) in [5.74, 6) is -1.32. The van der Waals surface area contributed by atoms with Crippen molar-refractivity contribution in [1.29, 1.82) is 0 Å². The lowest BCUT2D eigenvalue weighted by Gasteiger charge is -2.43. The fraction of sp³-hybridized carbons (Fsp3) is 0.464. The zero-order chi connectivity index (χ0) is 24.4. The molecule has 5 rings (SSSR count). The van der Waals surface area contributed by atoms with Crippen molar-refractivity contribution in [2.24, 2.45) is 11.3 Å². The van der Waals surface area contributed by atoms with Crippen molar-refractivity contribution < 1.29 is 24.2 Å². The Morgan fingerprint density at radius 2 is 1.66 bits per heavy atom. The van der Waals surface area contributed by atoms with E-state index in [1.807, 2.05) is 24.3 Å². The quantitative estimate of drug-likeness (QED) is 0.617. The Balaban J connectivity index is 1.15. The molecule has 0 aromatic heterocycles. The van der Waals surface area contributed by atoms with Gasteiger partial charge in [0.25, 0.3) is 0 Å². The van der Waals surface area contributed by atoms with E-state index in [9.17, 15) is 19.5 Å². The largest absolute Gasteiger partial charge is 0.481 e. The fourth-order valence-corrected chi connectivity index (χ4v) is 5.84. The minimum absolute atomic E-state index is 0.00803. The standard InChI is InChI=1S/C28H32N2O5/c31-25(30-14-5-7-19(16-30)26(32)33)15-28(12-6-13-28)18-29-27(34)35-17-24-22-10-3-1-8-20(22)21-9-2-4-11-23(21)24/h1-4,8-11,19,24H,5-7,12-18H2,(H,29,34)(H,32,33)/t19-/m0/s1. The van der Waals surface area contributed by atoms with Crippen molar-refractivity contribution in [3.05, 3.63) is 59.7 Å². The molecule has 2 N–H and O–H groups in total. The Labute approximate surface area is 205 Å². The summed E-state index contributed by atoms with van der Waals surface area (Å²) in [5.41, 5.74) is 4.45. The van der Waals surface area contributed by atoms with Gasteiger partial charge in [-0.05, 0) is 53.4 Å². The van der Waals surface area contributed by atoms with Gasteiger partial charge in [-0.25, -0.2) is 4.79 Å². The average Bonchev–Trinajstić information content (AvgIpc) is 3.18. The SMILES string of the molecule is O=C(NCC1(CC(=O)N2CCC[C@H](C(=O)O)C2)CCC1)OCC1c2ccccc2-c2ccccc21. The summed E-state index contributed by atoms with van der Waals surface area (Å²) in [6, 6.07) is 16.5. The van der Waals surface area contributed by atoms with E-state index in [2.05, 4.69) is 29.6 Å². The number of alkyl carbamates (subject to hydrolysis) is 1. The van der Waals surface area contributed by atoms with Gasteiger partial charge in [-0.2, -0.15) is 0 Å². The number of hydrogen-bond acceptors (Lipinski definition) is 4. The maximum absolute atomic E-state index is 12.9. The summed E-state index contributed by atoms with van der Waals surface area (Å²) >= 11 is 0. The van der Waals surface area contributed by atoms with Gasteiger partial charge in [0, 0.05) is 32.0 Å². The molecule has 2 amide bonds. The van der Waals surface area contributed by atoms with E-state index in [1.54, 1.807) is 4.90 Å². The molecule has 0 radical (unpaired) electrons. The molecule has 0 bridgehead atoms. The van der Waals surface area contributed by atoms with E-state index in [4.69, 9.17) is 4.74 Å². The molecule has 2 fully saturated rings. The van der Waals surface area contributed by atoms with Crippen LogP contribution in [0.15, 0.2) is 48.5 Å². The first-order chi connectivity index (χ1) is 17.0. The van der Waals surface area contributed by atoms with Crippen LogP contribution >= 0.6 is 0 Å². The highest BCUT2D eigenvalue weighted by molar-refractivity contribution is 5.80. The first-order valence-corrected chi connectivity index (χ1v) is 12.6. The van der Waals surface area contributed by atoms with Gasteiger partial charge in [-0.1, -0.05) is 55.0 Å². The van der Waals surface area contributed by atoms with Gasteiger partial charge < -0.3 is 20.1 Å². The lowest BCUT2D eigenvalue weighted by atomic mass is 9.66. The number of piperidine rings is 1. The number of aliphatic carboxylic acids is 1. The molecule has 7 nitrogen and oxygen atoms in total. The monoisotopic (exact) mass is 476 g/mol. The number of carboxylic acids is 1. The maximum Gasteiger partial charge on any atom is 0.407 e. The van der Waals surface area contributed by atoms with E-state index in [0.29, 0.717) is 32.4 Å². The molecule has 2 aliphatic carbocycles. The van der Waals surface area contributed by atoms with Crippen LogP contribution in [-0.2, 0) is 14.3 Å². The van der Waals surface area contributed by atoms with Crippen LogP contribution < -0.4 is 5.32 Å². The molecule has 3 aliphatic rings. The summed E-state index contributed by atoms with van der Waals surface area (Å²) in [6.45, 7) is 1.55. The molecule has 1 heterocycles. The Hall–Kier alpha value is -3.35.